The largest absolute Gasteiger partial charge is 0.495 e. The molecule has 14 heavy (non-hydrogen) atoms. The van der Waals surface area contributed by atoms with E-state index >= 15 is 0 Å². The third-order valence-corrected chi connectivity index (χ3v) is 2.72. The maximum atomic E-state index is 6.19. The van der Waals surface area contributed by atoms with Gasteiger partial charge in [-0.15, -0.1) is 0 Å². The van der Waals surface area contributed by atoms with Crippen molar-refractivity contribution in [1.82, 2.24) is 0 Å². The molecule has 1 rings (SSSR count). The quantitative estimate of drug-likeness (QED) is 0.702. The van der Waals surface area contributed by atoms with E-state index < -0.39 is 0 Å². The predicted molar refractivity (Wildman–Crippen MR) is 61.7 cm³/mol. The van der Waals surface area contributed by atoms with Gasteiger partial charge in [-0.1, -0.05) is 44.0 Å². The van der Waals surface area contributed by atoms with E-state index in [2.05, 4.69) is 20.8 Å². The molecule has 0 radical (unpaired) electrons. The SMILES string of the molecule is COc1ccc(Cl)c(C(C)(C)C)c1Cl. The van der Waals surface area contributed by atoms with Gasteiger partial charge < -0.3 is 4.74 Å². The van der Waals surface area contributed by atoms with E-state index in [1.54, 1.807) is 13.2 Å². The standard InChI is InChI=1S/C11H14Cl2O/c1-11(2,3)9-7(12)5-6-8(14-4)10(9)13/h5-6H,1-4H3. The maximum absolute atomic E-state index is 6.19. The lowest BCUT2D eigenvalue weighted by atomic mass is 9.87. The minimum absolute atomic E-state index is 0.0806. The van der Waals surface area contributed by atoms with Gasteiger partial charge in [-0.05, 0) is 23.1 Å². The Morgan fingerprint density at radius 1 is 1.14 bits per heavy atom. The fraction of sp³-hybridized carbons (Fsp3) is 0.455. The van der Waals surface area contributed by atoms with Gasteiger partial charge in [0.1, 0.15) is 5.75 Å². The second kappa shape index (κ2) is 4.00. The summed E-state index contributed by atoms with van der Waals surface area (Å²) in [6.45, 7) is 6.21. The van der Waals surface area contributed by atoms with E-state index in [1.807, 2.05) is 6.07 Å². The number of benzene rings is 1. The summed E-state index contributed by atoms with van der Waals surface area (Å²) in [5.74, 6) is 0.668. The Bertz CT molecular complexity index is 340. The van der Waals surface area contributed by atoms with E-state index in [9.17, 15) is 0 Å². The molecule has 1 aromatic carbocycles. The zero-order valence-corrected chi connectivity index (χ0v) is 10.3. The molecule has 0 aliphatic rings. The van der Waals surface area contributed by atoms with Crippen molar-refractivity contribution in [1.29, 1.82) is 0 Å². The molecule has 78 valence electrons. The Morgan fingerprint density at radius 2 is 1.71 bits per heavy atom. The topological polar surface area (TPSA) is 9.23 Å². The van der Waals surface area contributed by atoms with Crippen LogP contribution in [0.15, 0.2) is 12.1 Å². The molecule has 1 nitrogen and oxygen atoms in total. The minimum atomic E-state index is -0.0806. The highest BCUT2D eigenvalue weighted by atomic mass is 35.5. The van der Waals surface area contributed by atoms with E-state index in [0.29, 0.717) is 15.8 Å². The molecule has 0 fully saturated rings. The van der Waals surface area contributed by atoms with Gasteiger partial charge in [0.2, 0.25) is 0 Å². The summed E-state index contributed by atoms with van der Waals surface area (Å²) in [5, 5.41) is 1.29. The smallest absolute Gasteiger partial charge is 0.137 e. The minimum Gasteiger partial charge on any atom is -0.495 e. The van der Waals surface area contributed by atoms with Gasteiger partial charge >= 0.3 is 0 Å². The van der Waals surface area contributed by atoms with Crippen molar-refractivity contribution in [3.63, 3.8) is 0 Å². The number of methoxy groups -OCH3 is 1. The van der Waals surface area contributed by atoms with Crippen LogP contribution >= 0.6 is 23.2 Å². The van der Waals surface area contributed by atoms with Crippen molar-refractivity contribution in [3.8, 4) is 5.75 Å². The summed E-state index contributed by atoms with van der Waals surface area (Å²) in [4.78, 5) is 0. The van der Waals surface area contributed by atoms with Gasteiger partial charge in [-0.3, -0.25) is 0 Å². The average molecular weight is 233 g/mol. The zero-order chi connectivity index (χ0) is 10.9. The summed E-state index contributed by atoms with van der Waals surface area (Å²) >= 11 is 12.3. The number of ether oxygens (including phenoxy) is 1. The van der Waals surface area contributed by atoms with Crippen LogP contribution in [-0.2, 0) is 5.41 Å². The van der Waals surface area contributed by atoms with Crippen molar-refractivity contribution in [2.24, 2.45) is 0 Å². The van der Waals surface area contributed by atoms with Crippen LogP contribution in [0, 0.1) is 0 Å². The van der Waals surface area contributed by atoms with Crippen LogP contribution in [0.2, 0.25) is 10.0 Å². The predicted octanol–water partition coefficient (Wildman–Crippen LogP) is 4.30. The maximum Gasteiger partial charge on any atom is 0.137 e. The molecule has 0 spiro atoms. The highest BCUT2D eigenvalue weighted by Gasteiger charge is 2.22. The Kier molecular flexibility index (Phi) is 3.33. The second-order valence-electron chi connectivity index (χ2n) is 4.19. The van der Waals surface area contributed by atoms with Gasteiger partial charge in [-0.2, -0.15) is 0 Å². The first kappa shape index (κ1) is 11.7. The summed E-state index contributed by atoms with van der Waals surface area (Å²) < 4.78 is 5.15. The van der Waals surface area contributed by atoms with E-state index in [0.717, 1.165) is 5.56 Å². The lowest BCUT2D eigenvalue weighted by Gasteiger charge is -2.23. The average Bonchev–Trinajstić information content (AvgIpc) is 2.02. The van der Waals surface area contributed by atoms with E-state index in [-0.39, 0.29) is 5.41 Å². The monoisotopic (exact) mass is 232 g/mol. The van der Waals surface area contributed by atoms with Crippen LogP contribution in [0.3, 0.4) is 0 Å². The van der Waals surface area contributed by atoms with Crippen LogP contribution in [0.1, 0.15) is 26.3 Å². The molecule has 0 unspecified atom stereocenters. The first-order chi connectivity index (χ1) is 6.38. The number of halogens is 2. The van der Waals surface area contributed by atoms with Crippen LogP contribution in [0.25, 0.3) is 0 Å². The normalized spacial score (nSPS) is 11.6. The van der Waals surface area contributed by atoms with E-state index in [4.69, 9.17) is 27.9 Å². The first-order valence-corrected chi connectivity index (χ1v) is 5.16. The molecule has 1 aromatic rings. The third kappa shape index (κ3) is 2.15. The van der Waals surface area contributed by atoms with Crippen LogP contribution in [0.4, 0.5) is 0 Å². The Hall–Kier alpha value is -0.400. The molecule has 0 heterocycles. The summed E-state index contributed by atoms with van der Waals surface area (Å²) in [7, 11) is 1.60. The number of hydrogen-bond donors (Lipinski definition) is 0. The Balaban J connectivity index is 3.40. The molecule has 3 heteroatoms. The fourth-order valence-corrected chi connectivity index (χ4v) is 2.39. The Morgan fingerprint density at radius 3 is 2.14 bits per heavy atom. The van der Waals surface area contributed by atoms with Gasteiger partial charge in [0.25, 0.3) is 0 Å². The van der Waals surface area contributed by atoms with Gasteiger partial charge in [0.15, 0.2) is 0 Å². The molecule has 0 N–H and O–H groups in total. The molecule has 0 aliphatic heterocycles. The molecule has 0 atom stereocenters. The molecule has 0 amide bonds. The third-order valence-electron chi connectivity index (χ3n) is 2.03. The van der Waals surface area contributed by atoms with Crippen molar-refractivity contribution < 1.29 is 4.74 Å². The van der Waals surface area contributed by atoms with Gasteiger partial charge in [0.05, 0.1) is 12.1 Å². The van der Waals surface area contributed by atoms with Crippen molar-refractivity contribution >= 4 is 23.2 Å². The van der Waals surface area contributed by atoms with E-state index in [1.165, 1.54) is 0 Å². The second-order valence-corrected chi connectivity index (χ2v) is 4.97. The molecule has 0 bridgehead atoms. The summed E-state index contributed by atoms with van der Waals surface area (Å²) in [6, 6.07) is 3.59. The fourth-order valence-electron chi connectivity index (χ4n) is 1.38. The van der Waals surface area contributed by atoms with Crippen LogP contribution in [0.5, 0.6) is 5.75 Å². The van der Waals surface area contributed by atoms with Crippen molar-refractivity contribution in [2.45, 2.75) is 26.2 Å². The highest BCUT2D eigenvalue weighted by Crippen LogP contribution is 2.40. The van der Waals surface area contributed by atoms with Crippen LogP contribution in [-0.4, -0.2) is 7.11 Å². The van der Waals surface area contributed by atoms with Gasteiger partial charge in [0, 0.05) is 5.02 Å². The molecule has 0 saturated carbocycles. The summed E-state index contributed by atoms with van der Waals surface area (Å²) in [5.41, 5.74) is 0.850. The summed E-state index contributed by atoms with van der Waals surface area (Å²) in [6.07, 6.45) is 0. The van der Waals surface area contributed by atoms with Crippen LogP contribution < -0.4 is 4.74 Å². The number of hydrogen-bond acceptors (Lipinski definition) is 1. The van der Waals surface area contributed by atoms with Gasteiger partial charge in [-0.25, -0.2) is 0 Å². The first-order valence-electron chi connectivity index (χ1n) is 4.40. The zero-order valence-electron chi connectivity index (χ0n) is 8.82. The molecule has 0 aromatic heterocycles. The molecule has 0 aliphatic carbocycles. The van der Waals surface area contributed by atoms with Crippen molar-refractivity contribution in [2.75, 3.05) is 7.11 Å². The lowest BCUT2D eigenvalue weighted by molar-refractivity contribution is 0.413. The van der Waals surface area contributed by atoms with Crippen molar-refractivity contribution in [3.05, 3.63) is 27.7 Å². The number of rotatable bonds is 1. The Labute approximate surface area is 95.0 Å². The molecule has 0 saturated heterocycles. The molecular formula is C11H14Cl2O. The lowest BCUT2D eigenvalue weighted by Crippen LogP contribution is -2.13. The molecular weight excluding hydrogens is 219 g/mol. The highest BCUT2D eigenvalue weighted by molar-refractivity contribution is 6.37.